The lowest BCUT2D eigenvalue weighted by Crippen LogP contribution is -2.07. The van der Waals surface area contributed by atoms with Gasteiger partial charge in [-0.15, -0.1) is 0 Å². The second kappa shape index (κ2) is 8.48. The highest BCUT2D eigenvalue weighted by molar-refractivity contribution is 9.10. The number of nitrogens with one attached hydrogen (secondary N) is 1. The third-order valence-electron chi connectivity index (χ3n) is 2.47. The molecule has 1 aromatic carbocycles. The molecule has 0 unspecified atom stereocenters. The van der Waals surface area contributed by atoms with Gasteiger partial charge in [0.05, 0.1) is 6.61 Å². The minimum Gasteiger partial charge on any atom is -0.491 e. The summed E-state index contributed by atoms with van der Waals surface area (Å²) >= 11 is 3.21. The molecule has 0 heterocycles. The summed E-state index contributed by atoms with van der Waals surface area (Å²) in [5.41, 5.74) is 0. The molecule has 0 aliphatic carbocycles. The van der Waals surface area contributed by atoms with Crippen molar-refractivity contribution < 1.29 is 9.13 Å². The number of ether oxygens (including phenoxy) is 1. The molecule has 96 valence electrons. The Morgan fingerprint density at radius 3 is 2.71 bits per heavy atom. The first-order valence-electron chi connectivity index (χ1n) is 5.96. The van der Waals surface area contributed by atoms with Gasteiger partial charge in [-0.3, -0.25) is 0 Å². The number of hydrogen-bond acceptors (Lipinski definition) is 2. The smallest absolute Gasteiger partial charge is 0.166 e. The van der Waals surface area contributed by atoms with Crippen LogP contribution in [0.5, 0.6) is 5.75 Å². The molecule has 0 fully saturated rings. The number of unbranched alkanes of at least 4 members (excludes halogenated alkanes) is 3. The number of benzene rings is 1. The summed E-state index contributed by atoms with van der Waals surface area (Å²) in [5.74, 6) is 0.0259. The van der Waals surface area contributed by atoms with Crippen molar-refractivity contribution >= 4 is 15.9 Å². The van der Waals surface area contributed by atoms with Crippen LogP contribution < -0.4 is 10.1 Å². The number of halogens is 2. The van der Waals surface area contributed by atoms with Gasteiger partial charge >= 0.3 is 0 Å². The van der Waals surface area contributed by atoms with Gasteiger partial charge in [0.1, 0.15) is 0 Å². The normalized spacial score (nSPS) is 10.5. The van der Waals surface area contributed by atoms with E-state index in [1.807, 2.05) is 7.05 Å². The Balaban J connectivity index is 2.14. The molecule has 1 rings (SSSR count). The zero-order valence-electron chi connectivity index (χ0n) is 10.1. The van der Waals surface area contributed by atoms with E-state index in [1.165, 1.54) is 18.9 Å². The van der Waals surface area contributed by atoms with Crippen molar-refractivity contribution in [3.8, 4) is 5.75 Å². The summed E-state index contributed by atoms with van der Waals surface area (Å²) in [5, 5.41) is 3.11. The van der Waals surface area contributed by atoms with Crippen LogP contribution in [0.2, 0.25) is 0 Å². The largest absolute Gasteiger partial charge is 0.491 e. The molecule has 0 aliphatic rings. The van der Waals surface area contributed by atoms with Crippen molar-refractivity contribution in [2.45, 2.75) is 25.7 Å². The molecule has 0 atom stereocenters. The lowest BCUT2D eigenvalue weighted by Gasteiger charge is -2.07. The molecular formula is C13H19BrFNO. The minimum atomic E-state index is -0.311. The molecule has 0 amide bonds. The fraction of sp³-hybridized carbons (Fsp3) is 0.538. The molecule has 0 aromatic heterocycles. The van der Waals surface area contributed by atoms with Gasteiger partial charge in [0, 0.05) is 4.47 Å². The molecule has 0 aliphatic heterocycles. The molecule has 0 saturated carbocycles. The topological polar surface area (TPSA) is 21.3 Å². The van der Waals surface area contributed by atoms with Crippen molar-refractivity contribution in [3.05, 3.63) is 28.5 Å². The molecule has 0 saturated heterocycles. The Labute approximate surface area is 111 Å². The van der Waals surface area contributed by atoms with Gasteiger partial charge in [-0.1, -0.05) is 28.8 Å². The van der Waals surface area contributed by atoms with Gasteiger partial charge in [-0.2, -0.15) is 0 Å². The highest BCUT2D eigenvalue weighted by atomic mass is 79.9. The first kappa shape index (κ1) is 14.5. The third-order valence-corrected chi connectivity index (χ3v) is 2.97. The van der Waals surface area contributed by atoms with Crippen LogP contribution in [0, 0.1) is 5.82 Å². The summed E-state index contributed by atoms with van der Waals surface area (Å²) < 4.78 is 19.5. The van der Waals surface area contributed by atoms with E-state index in [9.17, 15) is 4.39 Å². The first-order chi connectivity index (χ1) is 8.24. The molecule has 0 spiro atoms. The van der Waals surface area contributed by atoms with Crippen LogP contribution >= 0.6 is 15.9 Å². The second-order valence-electron chi connectivity index (χ2n) is 3.94. The third kappa shape index (κ3) is 6.03. The predicted molar refractivity (Wildman–Crippen MR) is 72.0 cm³/mol. The molecule has 2 nitrogen and oxygen atoms in total. The predicted octanol–water partition coefficient (Wildman–Crippen LogP) is 3.75. The van der Waals surface area contributed by atoms with Crippen molar-refractivity contribution in [1.29, 1.82) is 0 Å². The first-order valence-corrected chi connectivity index (χ1v) is 6.76. The zero-order valence-corrected chi connectivity index (χ0v) is 11.7. The average molecular weight is 304 g/mol. The Morgan fingerprint density at radius 2 is 2.00 bits per heavy atom. The van der Waals surface area contributed by atoms with Crippen LogP contribution in [0.1, 0.15) is 25.7 Å². The molecule has 4 heteroatoms. The van der Waals surface area contributed by atoms with Crippen LogP contribution in [-0.2, 0) is 0 Å². The number of rotatable bonds is 8. The monoisotopic (exact) mass is 303 g/mol. The van der Waals surface area contributed by atoms with Crippen LogP contribution in [0.4, 0.5) is 4.39 Å². The molecule has 1 aromatic rings. The Hall–Kier alpha value is -0.610. The summed E-state index contributed by atoms with van der Waals surface area (Å²) in [6.07, 6.45) is 4.47. The zero-order chi connectivity index (χ0) is 12.5. The summed E-state index contributed by atoms with van der Waals surface area (Å²) in [6, 6.07) is 4.86. The molecule has 0 radical (unpaired) electrons. The van der Waals surface area contributed by atoms with Gasteiger partial charge in [0.25, 0.3) is 0 Å². The van der Waals surface area contributed by atoms with E-state index in [2.05, 4.69) is 21.2 Å². The maximum atomic E-state index is 13.4. The van der Waals surface area contributed by atoms with E-state index in [0.717, 1.165) is 23.9 Å². The van der Waals surface area contributed by atoms with Crippen LogP contribution in [0.3, 0.4) is 0 Å². The van der Waals surface area contributed by atoms with Gasteiger partial charge in [-0.05, 0) is 44.6 Å². The van der Waals surface area contributed by atoms with E-state index in [1.54, 1.807) is 12.1 Å². The van der Waals surface area contributed by atoms with Crippen molar-refractivity contribution in [1.82, 2.24) is 5.32 Å². The fourth-order valence-corrected chi connectivity index (χ4v) is 1.86. The summed E-state index contributed by atoms with van der Waals surface area (Å²) in [6.45, 7) is 1.64. The standard InChI is InChI=1S/C13H19BrFNO/c1-16-8-4-2-3-5-9-17-13-7-6-11(14)10-12(13)15/h6-7,10,16H,2-5,8-9H2,1H3. The van der Waals surface area contributed by atoms with Crippen molar-refractivity contribution in [2.24, 2.45) is 0 Å². The summed E-state index contributed by atoms with van der Waals surface area (Å²) in [7, 11) is 1.96. The maximum Gasteiger partial charge on any atom is 0.166 e. The molecule has 17 heavy (non-hydrogen) atoms. The Morgan fingerprint density at radius 1 is 1.24 bits per heavy atom. The van der Waals surface area contributed by atoms with E-state index in [4.69, 9.17) is 4.74 Å². The Kier molecular flexibility index (Phi) is 7.21. The van der Waals surface area contributed by atoms with Gasteiger partial charge in [-0.25, -0.2) is 4.39 Å². The fourth-order valence-electron chi connectivity index (χ4n) is 1.53. The lowest BCUT2D eigenvalue weighted by atomic mass is 10.2. The quantitative estimate of drug-likeness (QED) is 0.739. The van der Waals surface area contributed by atoms with E-state index < -0.39 is 0 Å². The second-order valence-corrected chi connectivity index (χ2v) is 4.86. The van der Waals surface area contributed by atoms with Crippen molar-refractivity contribution in [2.75, 3.05) is 20.2 Å². The maximum absolute atomic E-state index is 13.4. The highest BCUT2D eigenvalue weighted by Gasteiger charge is 2.03. The average Bonchev–Trinajstić information content (AvgIpc) is 2.30. The lowest BCUT2D eigenvalue weighted by molar-refractivity contribution is 0.290. The van der Waals surface area contributed by atoms with Gasteiger partial charge < -0.3 is 10.1 Å². The minimum absolute atomic E-state index is 0.311. The van der Waals surface area contributed by atoms with Crippen LogP contribution in [-0.4, -0.2) is 20.2 Å². The van der Waals surface area contributed by atoms with Crippen LogP contribution in [0.25, 0.3) is 0 Å². The van der Waals surface area contributed by atoms with E-state index in [-0.39, 0.29) is 5.82 Å². The van der Waals surface area contributed by atoms with E-state index in [0.29, 0.717) is 12.4 Å². The summed E-state index contributed by atoms with van der Waals surface area (Å²) in [4.78, 5) is 0. The van der Waals surface area contributed by atoms with E-state index >= 15 is 0 Å². The van der Waals surface area contributed by atoms with Crippen LogP contribution in [0.15, 0.2) is 22.7 Å². The Bertz CT molecular complexity index is 333. The van der Waals surface area contributed by atoms with Gasteiger partial charge in [0.2, 0.25) is 0 Å². The molecular weight excluding hydrogens is 285 g/mol. The number of hydrogen-bond donors (Lipinski definition) is 1. The highest BCUT2D eigenvalue weighted by Crippen LogP contribution is 2.21. The molecule has 0 bridgehead atoms. The van der Waals surface area contributed by atoms with Gasteiger partial charge in [0.15, 0.2) is 11.6 Å². The molecule has 1 N–H and O–H groups in total. The SMILES string of the molecule is CNCCCCCCOc1ccc(Br)cc1F. The van der Waals surface area contributed by atoms with Crippen molar-refractivity contribution in [3.63, 3.8) is 0 Å².